The number of alkyl halides is 2. The number of halogens is 2. The molecule has 3 atom stereocenters. The van der Waals surface area contributed by atoms with Gasteiger partial charge >= 0.3 is 5.97 Å². The summed E-state index contributed by atoms with van der Waals surface area (Å²) >= 11 is 5.26. The van der Waals surface area contributed by atoms with Crippen LogP contribution in [0.3, 0.4) is 0 Å². The molecule has 5 heteroatoms. The van der Waals surface area contributed by atoms with Crippen molar-refractivity contribution in [1.29, 1.82) is 0 Å². The second-order valence-electron chi connectivity index (χ2n) is 3.15. The summed E-state index contributed by atoms with van der Waals surface area (Å²) in [5, 5.41) is 15.6. The molecule has 0 aromatic rings. The summed E-state index contributed by atoms with van der Waals surface area (Å²) in [6.45, 7) is 0. The van der Waals surface area contributed by atoms with Crippen LogP contribution in [0.1, 0.15) is 19.3 Å². The van der Waals surface area contributed by atoms with Crippen LogP contribution in [0, 0.1) is 5.92 Å². The third kappa shape index (κ3) is 2.60. The van der Waals surface area contributed by atoms with Crippen LogP contribution in [0.15, 0.2) is 0 Å². The number of aliphatic hydroxyl groups excluding tert-OH is 1. The van der Waals surface area contributed by atoms with Crippen molar-refractivity contribution in [2.45, 2.75) is 30.5 Å². The predicted octanol–water partition coefficient (Wildman–Crippen LogP) is 1.14. The van der Waals surface area contributed by atoms with Crippen molar-refractivity contribution < 1.29 is 19.4 Å². The molecular weight excluding hydrogens is 187 g/mol. The zero-order chi connectivity index (χ0) is 9.35. The monoisotopic (exact) mass is 196 g/mol. The molecule has 1 aliphatic carbocycles. The van der Waals surface area contributed by atoms with E-state index < -0.39 is 17.2 Å². The third-order valence-electron chi connectivity index (χ3n) is 1.92. The summed E-state index contributed by atoms with van der Waals surface area (Å²) in [5.41, 5.74) is 0. The number of carboxylic acids is 1. The molecule has 1 saturated carbocycles. The third-order valence-corrected chi connectivity index (χ3v) is 2.39. The number of carboxylic acid groups (broad SMARTS) is 1. The molecule has 0 saturated heterocycles. The predicted molar refractivity (Wildman–Crippen MR) is 40.7 cm³/mol. The first-order chi connectivity index (χ1) is 5.42. The van der Waals surface area contributed by atoms with Crippen molar-refractivity contribution in [2.24, 2.45) is 5.92 Å². The lowest BCUT2D eigenvalue weighted by molar-refractivity contribution is -0.139. The number of aliphatic hydroxyl groups is 1. The molecule has 70 valence electrons. The van der Waals surface area contributed by atoms with Crippen LogP contribution in [-0.2, 0) is 4.79 Å². The van der Waals surface area contributed by atoms with Crippen molar-refractivity contribution >= 4 is 17.6 Å². The van der Waals surface area contributed by atoms with E-state index in [4.69, 9.17) is 21.8 Å². The number of carbonyl (C=O) groups is 1. The highest BCUT2D eigenvalue weighted by molar-refractivity contribution is 6.24. The fourth-order valence-electron chi connectivity index (χ4n) is 1.14. The van der Waals surface area contributed by atoms with E-state index in [2.05, 4.69) is 0 Å². The quantitative estimate of drug-likeness (QED) is 0.663. The highest BCUT2D eigenvalue weighted by atomic mass is 35.5. The van der Waals surface area contributed by atoms with Gasteiger partial charge in [0.2, 0.25) is 0 Å². The SMILES string of the molecule is O=C(O)C[C@H](O)CC1CC1(F)Cl. The summed E-state index contributed by atoms with van der Waals surface area (Å²) in [4.78, 5) is 10.1. The Morgan fingerprint density at radius 2 is 2.33 bits per heavy atom. The minimum atomic E-state index is -1.69. The summed E-state index contributed by atoms with van der Waals surface area (Å²) in [7, 11) is 0. The summed E-state index contributed by atoms with van der Waals surface area (Å²) in [6.07, 6.45) is -0.982. The van der Waals surface area contributed by atoms with Gasteiger partial charge in [0, 0.05) is 12.3 Å². The van der Waals surface area contributed by atoms with Gasteiger partial charge < -0.3 is 10.2 Å². The Bertz CT molecular complexity index is 195. The number of hydrogen-bond donors (Lipinski definition) is 2. The van der Waals surface area contributed by atoms with E-state index in [1.807, 2.05) is 0 Å². The lowest BCUT2D eigenvalue weighted by Crippen LogP contribution is -2.14. The molecule has 1 aliphatic rings. The first kappa shape index (κ1) is 9.74. The minimum Gasteiger partial charge on any atom is -0.481 e. The molecule has 0 radical (unpaired) electrons. The summed E-state index contributed by atoms with van der Waals surface area (Å²) in [6, 6.07) is 0. The van der Waals surface area contributed by atoms with Gasteiger partial charge in [-0.15, -0.1) is 0 Å². The molecule has 0 bridgehead atoms. The highest BCUT2D eigenvalue weighted by Gasteiger charge is 2.54. The Morgan fingerprint density at radius 3 is 2.67 bits per heavy atom. The van der Waals surface area contributed by atoms with E-state index in [0.717, 1.165) is 0 Å². The molecule has 2 N–H and O–H groups in total. The Balaban J connectivity index is 2.20. The Hall–Kier alpha value is -0.350. The Kier molecular flexibility index (Phi) is 2.58. The van der Waals surface area contributed by atoms with Crippen molar-refractivity contribution in [2.75, 3.05) is 0 Å². The lowest BCUT2D eigenvalue weighted by atomic mass is 10.1. The maximum Gasteiger partial charge on any atom is 0.305 e. The molecule has 3 nitrogen and oxygen atoms in total. The van der Waals surface area contributed by atoms with Gasteiger partial charge in [0.1, 0.15) is 0 Å². The van der Waals surface area contributed by atoms with E-state index in [0.29, 0.717) is 0 Å². The summed E-state index contributed by atoms with van der Waals surface area (Å²) in [5.74, 6) is -1.46. The second-order valence-corrected chi connectivity index (χ2v) is 3.78. The van der Waals surface area contributed by atoms with Crippen LogP contribution in [0.25, 0.3) is 0 Å². The lowest BCUT2D eigenvalue weighted by Gasteiger charge is -2.06. The average molecular weight is 197 g/mol. The average Bonchev–Trinajstić information content (AvgIpc) is 2.35. The van der Waals surface area contributed by atoms with Crippen LogP contribution < -0.4 is 0 Å². The molecule has 0 heterocycles. The zero-order valence-corrected chi connectivity index (χ0v) is 7.09. The number of aliphatic carboxylic acids is 1. The van der Waals surface area contributed by atoms with Gasteiger partial charge in [-0.2, -0.15) is 0 Å². The van der Waals surface area contributed by atoms with Crippen molar-refractivity contribution in [3.8, 4) is 0 Å². The Labute approximate surface area is 74.1 Å². The topological polar surface area (TPSA) is 57.5 Å². The standard InChI is InChI=1S/C7H10ClFO3/c8-7(9)3-4(7)1-5(10)2-6(11)12/h4-5,10H,1-3H2,(H,11,12)/t4?,5-,7?/m1/s1. The van der Waals surface area contributed by atoms with E-state index in [1.54, 1.807) is 0 Å². The molecule has 0 amide bonds. The fourth-order valence-corrected chi connectivity index (χ4v) is 1.41. The Morgan fingerprint density at radius 1 is 1.83 bits per heavy atom. The second kappa shape index (κ2) is 3.18. The van der Waals surface area contributed by atoms with Gasteiger partial charge in [-0.25, -0.2) is 4.39 Å². The normalized spacial score (nSPS) is 36.1. The van der Waals surface area contributed by atoms with Gasteiger partial charge in [0.15, 0.2) is 5.13 Å². The van der Waals surface area contributed by atoms with Crippen molar-refractivity contribution in [3.05, 3.63) is 0 Å². The fraction of sp³-hybridized carbons (Fsp3) is 0.857. The van der Waals surface area contributed by atoms with Crippen LogP contribution >= 0.6 is 11.6 Å². The van der Waals surface area contributed by atoms with Crippen molar-refractivity contribution in [1.82, 2.24) is 0 Å². The molecule has 0 spiro atoms. The molecule has 12 heavy (non-hydrogen) atoms. The van der Waals surface area contributed by atoms with E-state index in [9.17, 15) is 9.18 Å². The van der Waals surface area contributed by atoms with Gasteiger partial charge in [-0.3, -0.25) is 4.79 Å². The van der Waals surface area contributed by atoms with Gasteiger partial charge in [0.25, 0.3) is 0 Å². The minimum absolute atomic E-state index is 0.131. The van der Waals surface area contributed by atoms with E-state index in [-0.39, 0.29) is 25.2 Å². The van der Waals surface area contributed by atoms with Gasteiger partial charge in [-0.1, -0.05) is 11.6 Å². The number of hydrogen-bond acceptors (Lipinski definition) is 2. The van der Waals surface area contributed by atoms with Crippen LogP contribution in [0.2, 0.25) is 0 Å². The van der Waals surface area contributed by atoms with Gasteiger partial charge in [0.05, 0.1) is 12.5 Å². The maximum atomic E-state index is 12.7. The first-order valence-electron chi connectivity index (χ1n) is 3.69. The largest absolute Gasteiger partial charge is 0.481 e. The maximum absolute atomic E-state index is 12.7. The van der Waals surface area contributed by atoms with Gasteiger partial charge in [-0.05, 0) is 6.42 Å². The summed E-state index contributed by atoms with van der Waals surface area (Å²) < 4.78 is 12.7. The van der Waals surface area contributed by atoms with E-state index in [1.165, 1.54) is 0 Å². The number of rotatable bonds is 4. The highest BCUT2D eigenvalue weighted by Crippen LogP contribution is 2.53. The van der Waals surface area contributed by atoms with Crippen molar-refractivity contribution in [3.63, 3.8) is 0 Å². The van der Waals surface area contributed by atoms with Crippen LogP contribution in [0.5, 0.6) is 0 Å². The van der Waals surface area contributed by atoms with Crippen LogP contribution in [0.4, 0.5) is 4.39 Å². The molecular formula is C7H10ClFO3. The molecule has 1 rings (SSSR count). The molecule has 0 aromatic heterocycles. The molecule has 0 aromatic carbocycles. The molecule has 2 unspecified atom stereocenters. The smallest absolute Gasteiger partial charge is 0.305 e. The zero-order valence-electron chi connectivity index (χ0n) is 6.33. The van der Waals surface area contributed by atoms with Crippen LogP contribution in [-0.4, -0.2) is 27.4 Å². The molecule has 1 fully saturated rings. The molecule has 0 aliphatic heterocycles. The van der Waals surface area contributed by atoms with E-state index >= 15 is 0 Å². The first-order valence-corrected chi connectivity index (χ1v) is 4.07.